The van der Waals surface area contributed by atoms with Crippen molar-refractivity contribution < 1.29 is 54.2 Å². The van der Waals surface area contributed by atoms with Gasteiger partial charge in [0.05, 0.1) is 22.5 Å². The number of amides is 1. The second-order valence-corrected chi connectivity index (χ2v) is 14.1. The second-order valence-electron chi connectivity index (χ2n) is 10.9. The van der Waals surface area contributed by atoms with Gasteiger partial charge in [-0.3, -0.25) is 4.79 Å². The number of nitrogens with two attached hydrogens (primary N) is 3. The predicted octanol–water partition coefficient (Wildman–Crippen LogP) is 3.40. The third kappa shape index (κ3) is 11.4. The van der Waals surface area contributed by atoms with E-state index >= 15 is 0 Å². The van der Waals surface area contributed by atoms with Gasteiger partial charge in [0, 0.05) is 23.8 Å². The number of aliphatic carboxylic acids is 1. The fourth-order valence-electron chi connectivity index (χ4n) is 4.43. The summed E-state index contributed by atoms with van der Waals surface area (Å²) >= 11 is 0. The second kappa shape index (κ2) is 16.2. The molecule has 0 saturated carbocycles. The Bertz CT molecular complexity index is 2080. The maximum absolute atomic E-state index is 13.8. The normalized spacial score (nSPS) is 12.4. The van der Waals surface area contributed by atoms with Gasteiger partial charge >= 0.3 is 12.1 Å². The number of hydrogen-bond donors (Lipinski definition) is 6. The van der Waals surface area contributed by atoms with Crippen LogP contribution in [0.5, 0.6) is 11.5 Å². The van der Waals surface area contributed by atoms with Gasteiger partial charge in [0.2, 0.25) is 26.0 Å². The molecule has 0 aliphatic heterocycles. The lowest BCUT2D eigenvalue weighted by molar-refractivity contribution is -0.192. The molecule has 4 rings (SSSR count). The van der Waals surface area contributed by atoms with E-state index in [1.165, 1.54) is 12.1 Å². The molecule has 0 aliphatic carbocycles. The van der Waals surface area contributed by atoms with Crippen LogP contribution in [0.15, 0.2) is 76.7 Å². The molecule has 4 aromatic rings. The van der Waals surface area contributed by atoms with Crippen LogP contribution < -0.4 is 36.1 Å². The molecule has 1 aromatic heterocycles. The van der Waals surface area contributed by atoms with Crippen LogP contribution in [0.1, 0.15) is 37.9 Å². The number of carbonyl (C=O) groups is 2. The van der Waals surface area contributed by atoms with E-state index in [0.29, 0.717) is 35.2 Å². The zero-order valence-electron chi connectivity index (χ0n) is 27.3. The number of nitrogen functional groups attached to an aromatic ring is 1. The number of sulfonamides is 2. The number of hydrogen-bond acceptors (Lipinski definition) is 11. The topological polar surface area (TPSA) is 256 Å². The maximum atomic E-state index is 13.8. The molecule has 0 bridgehead atoms. The first-order chi connectivity index (χ1) is 23.6. The van der Waals surface area contributed by atoms with Crippen molar-refractivity contribution in [3.63, 3.8) is 0 Å². The fourth-order valence-corrected chi connectivity index (χ4v) is 5.72. The van der Waals surface area contributed by atoms with Crippen LogP contribution in [0.4, 0.5) is 24.7 Å². The van der Waals surface area contributed by atoms with Gasteiger partial charge in [0.25, 0.3) is 0 Å². The minimum Gasteiger partial charge on any atom is -0.490 e. The van der Waals surface area contributed by atoms with Crippen LogP contribution in [0.25, 0.3) is 10.8 Å². The zero-order valence-corrected chi connectivity index (χ0v) is 28.9. The SMILES string of the molecule is CCOc1cc(C(Nc2ccc3c(N)nccc3c2)C(=O)NCc2cc(S(N)(=O)=O)cc(S(N)(=O)=O)c2)ccc1OC(C)C.O=C(O)C(F)(F)F. The smallest absolute Gasteiger partial charge is 0.490 e. The number of aromatic nitrogens is 1. The summed E-state index contributed by atoms with van der Waals surface area (Å²) in [6.45, 7) is 5.71. The van der Waals surface area contributed by atoms with E-state index in [1.807, 2.05) is 26.8 Å². The molecule has 1 heterocycles. The summed E-state index contributed by atoms with van der Waals surface area (Å²) < 4.78 is 91.4. The molecule has 0 saturated heterocycles. The number of pyridine rings is 1. The highest BCUT2D eigenvalue weighted by atomic mass is 32.2. The molecule has 0 aliphatic rings. The average molecular weight is 757 g/mol. The van der Waals surface area contributed by atoms with Crippen molar-refractivity contribution in [2.24, 2.45) is 10.3 Å². The van der Waals surface area contributed by atoms with E-state index in [0.717, 1.165) is 16.8 Å². The molecule has 15 nitrogen and oxygen atoms in total. The molecule has 0 radical (unpaired) electrons. The Labute approximate surface area is 291 Å². The van der Waals surface area contributed by atoms with Crippen molar-refractivity contribution in [1.29, 1.82) is 0 Å². The van der Waals surface area contributed by atoms with Gasteiger partial charge in [-0.15, -0.1) is 0 Å². The first-order valence-electron chi connectivity index (χ1n) is 14.7. The van der Waals surface area contributed by atoms with Crippen LogP contribution in [0, 0.1) is 0 Å². The molecule has 1 atom stereocenters. The molecule has 3 aromatic carbocycles. The Balaban J connectivity index is 0.000000908. The summed E-state index contributed by atoms with van der Waals surface area (Å²) in [5, 5.41) is 25.1. The number of benzene rings is 3. The molecule has 0 spiro atoms. The lowest BCUT2D eigenvalue weighted by Crippen LogP contribution is -2.33. The van der Waals surface area contributed by atoms with Crippen LogP contribution in [-0.2, 0) is 36.2 Å². The highest BCUT2D eigenvalue weighted by Gasteiger charge is 2.38. The maximum Gasteiger partial charge on any atom is 0.490 e. The molecule has 1 unspecified atom stereocenters. The number of nitrogens with zero attached hydrogens (tertiary/aromatic N) is 1. The zero-order chi connectivity index (χ0) is 38.3. The van der Waals surface area contributed by atoms with Crippen molar-refractivity contribution >= 4 is 54.2 Å². The largest absolute Gasteiger partial charge is 0.490 e. The molecule has 20 heteroatoms. The van der Waals surface area contributed by atoms with E-state index in [-0.39, 0.29) is 18.2 Å². The predicted molar refractivity (Wildman–Crippen MR) is 181 cm³/mol. The highest BCUT2D eigenvalue weighted by Crippen LogP contribution is 2.33. The average Bonchev–Trinajstić information content (AvgIpc) is 3.02. The number of carboxylic acid groups (broad SMARTS) is 1. The van der Waals surface area contributed by atoms with Crippen molar-refractivity contribution in [2.75, 3.05) is 17.7 Å². The Morgan fingerprint density at radius 1 is 0.922 bits per heavy atom. The van der Waals surface area contributed by atoms with Crippen LogP contribution >= 0.6 is 0 Å². The quantitative estimate of drug-likeness (QED) is 0.122. The van der Waals surface area contributed by atoms with E-state index in [2.05, 4.69) is 15.6 Å². The van der Waals surface area contributed by atoms with Gasteiger partial charge in [0.1, 0.15) is 11.9 Å². The van der Waals surface area contributed by atoms with Gasteiger partial charge in [-0.2, -0.15) is 13.2 Å². The lowest BCUT2D eigenvalue weighted by atomic mass is 10.0. The summed E-state index contributed by atoms with van der Waals surface area (Å²) in [5.74, 6) is -1.96. The summed E-state index contributed by atoms with van der Waals surface area (Å²) in [6.07, 6.45) is -3.62. The number of halogens is 3. The van der Waals surface area contributed by atoms with Gasteiger partial charge in [0.15, 0.2) is 11.5 Å². The molecule has 1 amide bonds. The Hall–Kier alpha value is -5.18. The number of alkyl halides is 3. The van der Waals surface area contributed by atoms with Crippen molar-refractivity contribution in [3.8, 4) is 11.5 Å². The standard InChI is InChI=1S/C29H34N6O7S2.C2HF3O2/c1-4-41-26-14-20(5-8-25(26)42-17(2)3)27(35-21-6-7-24-19(13-21)9-10-33-28(24)30)29(36)34-16-18-11-22(43(31,37)38)15-23(12-18)44(32,39)40;3-2(4,5)1(6)7/h5-15,17,27,35H,4,16H2,1-3H3,(H2,30,33)(H,34,36)(H2,31,37,38)(H2,32,39,40);(H,6,7). The number of fused-ring (bicyclic) bond motifs is 1. The fraction of sp³-hybridized carbons (Fsp3) is 0.258. The summed E-state index contributed by atoms with van der Waals surface area (Å²) in [6, 6.07) is 14.5. The third-order valence-corrected chi connectivity index (χ3v) is 8.42. The van der Waals surface area contributed by atoms with Crippen LogP contribution in [0.3, 0.4) is 0 Å². The number of carbonyl (C=O) groups excluding carboxylic acids is 1. The number of anilines is 2. The lowest BCUT2D eigenvalue weighted by Gasteiger charge is -2.22. The van der Waals surface area contributed by atoms with Gasteiger partial charge in [-0.25, -0.2) is 36.9 Å². The molecular weight excluding hydrogens is 722 g/mol. The number of ether oxygens (including phenoxy) is 2. The van der Waals surface area contributed by atoms with E-state index in [1.54, 1.807) is 42.6 Å². The van der Waals surface area contributed by atoms with Crippen LogP contribution in [0.2, 0.25) is 0 Å². The first-order valence-corrected chi connectivity index (χ1v) is 17.8. The number of carboxylic acids is 1. The Morgan fingerprint density at radius 2 is 1.53 bits per heavy atom. The summed E-state index contributed by atoms with van der Waals surface area (Å²) in [5.41, 5.74) is 7.27. The molecule has 51 heavy (non-hydrogen) atoms. The van der Waals surface area contributed by atoms with E-state index in [4.69, 9.17) is 35.4 Å². The minimum absolute atomic E-state index is 0.118. The van der Waals surface area contributed by atoms with Crippen molar-refractivity contribution in [2.45, 2.75) is 55.4 Å². The molecule has 9 N–H and O–H groups in total. The minimum atomic E-state index is -5.08. The van der Waals surface area contributed by atoms with E-state index < -0.39 is 53.9 Å². The van der Waals surface area contributed by atoms with Crippen LogP contribution in [-0.4, -0.2) is 57.7 Å². The third-order valence-electron chi connectivity index (χ3n) is 6.64. The molecule has 276 valence electrons. The monoisotopic (exact) mass is 756 g/mol. The molecular formula is C31H35F3N6O9S2. The number of primary sulfonamides is 2. The first kappa shape index (κ1) is 40.3. The summed E-state index contributed by atoms with van der Waals surface area (Å²) in [7, 11) is -8.55. The Kier molecular flexibility index (Phi) is 12.8. The van der Waals surface area contributed by atoms with Gasteiger partial charge < -0.3 is 30.9 Å². The highest BCUT2D eigenvalue weighted by molar-refractivity contribution is 7.90. The molecule has 0 fully saturated rings. The summed E-state index contributed by atoms with van der Waals surface area (Å²) in [4.78, 5) is 25.8. The van der Waals surface area contributed by atoms with Gasteiger partial charge in [-0.05, 0) is 91.9 Å². The Morgan fingerprint density at radius 3 is 2.06 bits per heavy atom. The number of rotatable bonds is 12. The van der Waals surface area contributed by atoms with Crippen molar-refractivity contribution in [1.82, 2.24) is 10.3 Å². The van der Waals surface area contributed by atoms with Crippen molar-refractivity contribution in [3.05, 3.63) is 78.0 Å². The number of nitrogens with one attached hydrogen (secondary N) is 2. The van der Waals surface area contributed by atoms with E-state index in [9.17, 15) is 34.8 Å². The van der Waals surface area contributed by atoms with Gasteiger partial charge in [-0.1, -0.05) is 6.07 Å².